The average molecular weight is 436 g/mol. The maximum absolute atomic E-state index is 13.0. The van der Waals surface area contributed by atoms with Gasteiger partial charge in [-0.05, 0) is 49.6 Å². The Morgan fingerprint density at radius 3 is 2.34 bits per heavy atom. The Hall–Kier alpha value is -3.60. The number of carbonyl (C=O) groups excluding carboxylic acids is 1. The molecule has 168 valence electrons. The van der Waals surface area contributed by atoms with E-state index in [1.54, 1.807) is 23.1 Å². The van der Waals surface area contributed by atoms with Gasteiger partial charge in [0, 0.05) is 61.9 Å². The van der Waals surface area contributed by atoms with Crippen LogP contribution in [-0.2, 0) is 11.3 Å². The van der Waals surface area contributed by atoms with E-state index in [0.717, 1.165) is 29.2 Å². The fourth-order valence-corrected chi connectivity index (χ4v) is 4.04. The zero-order valence-corrected chi connectivity index (χ0v) is 19.0. The minimum absolute atomic E-state index is 0.0547. The number of carbonyl (C=O) groups is 1. The largest absolute Gasteiger partial charge is 0.368 e. The maximum Gasteiger partial charge on any atom is 0.269 e. The fraction of sp³-hybridized carbons (Fsp3) is 0.417. The molecule has 2 aromatic rings. The van der Waals surface area contributed by atoms with Crippen LogP contribution in [-0.4, -0.2) is 46.5 Å². The van der Waals surface area contributed by atoms with Gasteiger partial charge in [-0.25, -0.2) is 0 Å². The fourth-order valence-electron chi connectivity index (χ4n) is 4.04. The first-order valence-corrected chi connectivity index (χ1v) is 10.8. The van der Waals surface area contributed by atoms with Crippen molar-refractivity contribution < 1.29 is 9.72 Å². The van der Waals surface area contributed by atoms with Crippen molar-refractivity contribution in [1.29, 1.82) is 5.26 Å². The van der Waals surface area contributed by atoms with Gasteiger partial charge in [-0.15, -0.1) is 0 Å². The molecule has 2 heterocycles. The molecule has 1 saturated heterocycles. The number of anilines is 1. The van der Waals surface area contributed by atoms with E-state index < -0.39 is 4.92 Å². The van der Waals surface area contributed by atoms with Gasteiger partial charge in [0.25, 0.3) is 11.6 Å². The van der Waals surface area contributed by atoms with Gasteiger partial charge in [-0.1, -0.05) is 13.8 Å². The molecule has 0 spiro atoms. The number of nitro groups is 1. The second-order valence-electron chi connectivity index (χ2n) is 8.55. The van der Waals surface area contributed by atoms with Gasteiger partial charge in [0.05, 0.1) is 4.92 Å². The van der Waals surface area contributed by atoms with Crippen LogP contribution in [0.25, 0.3) is 6.08 Å². The predicted octanol–water partition coefficient (Wildman–Crippen LogP) is 3.92. The number of piperazine rings is 1. The van der Waals surface area contributed by atoms with E-state index in [2.05, 4.69) is 29.4 Å². The van der Waals surface area contributed by atoms with Crippen LogP contribution in [0.1, 0.15) is 30.8 Å². The second kappa shape index (κ2) is 9.69. The molecule has 0 unspecified atom stereocenters. The maximum atomic E-state index is 13.0. The van der Waals surface area contributed by atoms with Crippen molar-refractivity contribution in [3.8, 4) is 6.07 Å². The van der Waals surface area contributed by atoms with Crippen molar-refractivity contribution in [3.63, 3.8) is 0 Å². The standard InChI is InChI=1S/C24H29N5O3/c1-17(2)16-28-18(3)13-20(19(28)4)14-21(15-25)24(30)27-11-9-26(10-12-27)22-5-7-23(8-6-22)29(31)32/h5-8,13-14,17H,9-12,16H2,1-4H3/b21-14+. The Morgan fingerprint density at radius 2 is 1.81 bits per heavy atom. The number of benzene rings is 1. The molecule has 8 heteroatoms. The number of nitriles is 1. The third-order valence-corrected chi connectivity index (χ3v) is 5.80. The lowest BCUT2D eigenvalue weighted by molar-refractivity contribution is -0.384. The number of aryl methyl sites for hydroxylation is 1. The van der Waals surface area contributed by atoms with E-state index in [9.17, 15) is 20.2 Å². The highest BCUT2D eigenvalue weighted by molar-refractivity contribution is 6.02. The highest BCUT2D eigenvalue weighted by Crippen LogP contribution is 2.23. The molecule has 32 heavy (non-hydrogen) atoms. The Labute approximate surface area is 188 Å². The molecule has 0 N–H and O–H groups in total. The number of aromatic nitrogens is 1. The highest BCUT2D eigenvalue weighted by atomic mass is 16.6. The van der Waals surface area contributed by atoms with Crippen LogP contribution in [0.15, 0.2) is 35.9 Å². The van der Waals surface area contributed by atoms with Crippen LogP contribution in [0, 0.1) is 41.2 Å². The lowest BCUT2D eigenvalue weighted by atomic mass is 10.1. The highest BCUT2D eigenvalue weighted by Gasteiger charge is 2.24. The molecule has 3 rings (SSSR count). The molecule has 1 fully saturated rings. The summed E-state index contributed by atoms with van der Waals surface area (Å²) in [5.74, 6) is 0.241. The van der Waals surface area contributed by atoms with E-state index in [4.69, 9.17) is 0 Å². The van der Waals surface area contributed by atoms with Crippen molar-refractivity contribution >= 4 is 23.4 Å². The van der Waals surface area contributed by atoms with Crippen LogP contribution in [0.4, 0.5) is 11.4 Å². The topological polar surface area (TPSA) is 95.4 Å². The summed E-state index contributed by atoms with van der Waals surface area (Å²) in [6, 6.07) is 10.5. The number of nitro benzene ring substituents is 1. The molecule has 0 saturated carbocycles. The van der Waals surface area contributed by atoms with Crippen LogP contribution in [0.5, 0.6) is 0 Å². The second-order valence-corrected chi connectivity index (χ2v) is 8.55. The molecule has 1 aromatic carbocycles. The summed E-state index contributed by atoms with van der Waals surface area (Å²) >= 11 is 0. The normalized spacial score (nSPS) is 14.6. The Balaban J connectivity index is 1.69. The van der Waals surface area contributed by atoms with Gasteiger partial charge in [0.2, 0.25) is 0 Å². The summed E-state index contributed by atoms with van der Waals surface area (Å²) < 4.78 is 2.22. The summed E-state index contributed by atoms with van der Waals surface area (Å²) in [7, 11) is 0. The molecule has 0 aliphatic carbocycles. The van der Waals surface area contributed by atoms with Crippen LogP contribution in [0.3, 0.4) is 0 Å². The molecule has 1 aliphatic heterocycles. The van der Waals surface area contributed by atoms with E-state index in [1.165, 1.54) is 12.1 Å². The van der Waals surface area contributed by atoms with Crippen molar-refractivity contribution in [1.82, 2.24) is 9.47 Å². The number of rotatable bonds is 6. The average Bonchev–Trinajstić information content (AvgIpc) is 3.04. The minimum Gasteiger partial charge on any atom is -0.368 e. The first-order valence-electron chi connectivity index (χ1n) is 10.8. The molecular weight excluding hydrogens is 406 g/mol. The monoisotopic (exact) mass is 435 g/mol. The molecule has 0 atom stereocenters. The third-order valence-electron chi connectivity index (χ3n) is 5.80. The summed E-state index contributed by atoms with van der Waals surface area (Å²) in [6.45, 7) is 11.5. The van der Waals surface area contributed by atoms with Gasteiger partial charge < -0.3 is 14.4 Å². The van der Waals surface area contributed by atoms with Crippen molar-refractivity contribution in [3.05, 3.63) is 63.0 Å². The summed E-state index contributed by atoms with van der Waals surface area (Å²) in [6.07, 6.45) is 1.70. The summed E-state index contributed by atoms with van der Waals surface area (Å²) in [5.41, 5.74) is 4.15. The number of amides is 1. The third kappa shape index (κ3) is 4.99. The van der Waals surface area contributed by atoms with Crippen molar-refractivity contribution in [2.45, 2.75) is 34.2 Å². The molecule has 1 aromatic heterocycles. The molecule has 1 amide bonds. The Morgan fingerprint density at radius 1 is 1.19 bits per heavy atom. The van der Waals surface area contributed by atoms with Gasteiger partial charge in [-0.3, -0.25) is 14.9 Å². The molecule has 0 bridgehead atoms. The van der Waals surface area contributed by atoms with Gasteiger partial charge in [-0.2, -0.15) is 5.26 Å². The number of non-ortho nitro benzene ring substituents is 1. The van der Waals surface area contributed by atoms with E-state index >= 15 is 0 Å². The number of nitrogens with zero attached hydrogens (tertiary/aromatic N) is 5. The van der Waals surface area contributed by atoms with Crippen LogP contribution < -0.4 is 4.90 Å². The van der Waals surface area contributed by atoms with E-state index in [-0.39, 0.29) is 17.2 Å². The first kappa shape index (κ1) is 23.1. The Bertz CT molecular complexity index is 1070. The van der Waals surface area contributed by atoms with Crippen LogP contribution >= 0.6 is 0 Å². The smallest absolute Gasteiger partial charge is 0.269 e. The van der Waals surface area contributed by atoms with Crippen molar-refractivity contribution in [2.75, 3.05) is 31.1 Å². The van der Waals surface area contributed by atoms with Gasteiger partial charge in [0.1, 0.15) is 11.6 Å². The Kier molecular flexibility index (Phi) is 6.98. The lowest BCUT2D eigenvalue weighted by Gasteiger charge is -2.36. The molecule has 1 aliphatic rings. The van der Waals surface area contributed by atoms with E-state index in [0.29, 0.717) is 32.1 Å². The quantitative estimate of drug-likeness (QED) is 0.297. The van der Waals surface area contributed by atoms with Crippen LogP contribution in [0.2, 0.25) is 0 Å². The van der Waals surface area contributed by atoms with Gasteiger partial charge >= 0.3 is 0 Å². The number of hydrogen-bond donors (Lipinski definition) is 0. The molecular formula is C24H29N5O3. The predicted molar refractivity (Wildman–Crippen MR) is 124 cm³/mol. The zero-order valence-electron chi connectivity index (χ0n) is 19.0. The summed E-state index contributed by atoms with van der Waals surface area (Å²) in [5, 5.41) is 20.5. The van der Waals surface area contributed by atoms with Gasteiger partial charge in [0.15, 0.2) is 0 Å². The van der Waals surface area contributed by atoms with Crippen molar-refractivity contribution in [2.24, 2.45) is 5.92 Å². The SMILES string of the molecule is Cc1cc(/C=C(\C#N)C(=O)N2CCN(c3ccc([N+](=O)[O-])cc3)CC2)c(C)n1CC(C)C. The molecule has 8 nitrogen and oxygen atoms in total. The first-order chi connectivity index (χ1) is 15.2. The zero-order chi connectivity index (χ0) is 23.4. The minimum atomic E-state index is -0.420. The molecule has 0 radical (unpaired) electrons. The van der Waals surface area contributed by atoms with E-state index in [1.807, 2.05) is 19.9 Å². The lowest BCUT2D eigenvalue weighted by Crippen LogP contribution is -2.49. The summed E-state index contributed by atoms with van der Waals surface area (Å²) in [4.78, 5) is 27.2. The number of hydrogen-bond acceptors (Lipinski definition) is 5.